The summed E-state index contributed by atoms with van der Waals surface area (Å²) in [7, 11) is 0. The Morgan fingerprint density at radius 3 is 2.95 bits per heavy atom. The van der Waals surface area contributed by atoms with E-state index in [0.717, 1.165) is 5.56 Å². The summed E-state index contributed by atoms with van der Waals surface area (Å²) in [5.41, 5.74) is 6.09. The van der Waals surface area contributed by atoms with E-state index in [0.29, 0.717) is 17.4 Å². The van der Waals surface area contributed by atoms with Gasteiger partial charge in [-0.1, -0.05) is 11.6 Å². The quantitative estimate of drug-likeness (QED) is 0.892. The average molecular weight is 295 g/mol. The molecule has 2 aromatic rings. The van der Waals surface area contributed by atoms with Crippen LogP contribution in [0.15, 0.2) is 35.5 Å². The lowest BCUT2D eigenvalue weighted by molar-refractivity contribution is 0.293. The largest absolute Gasteiger partial charge is 0.490 e. The number of nitrogens with zero attached hydrogens (tertiary/aromatic N) is 3. The number of aromatic nitrogens is 3. The van der Waals surface area contributed by atoms with E-state index in [9.17, 15) is 4.79 Å². The molecule has 0 fully saturated rings. The second kappa shape index (κ2) is 6.49. The predicted octanol–water partition coefficient (Wildman–Crippen LogP) is 1.07. The molecule has 1 atom stereocenters. The monoisotopic (exact) mass is 294 g/mol. The molecule has 0 aliphatic carbocycles. The molecule has 2 heterocycles. The van der Waals surface area contributed by atoms with Crippen molar-refractivity contribution in [2.45, 2.75) is 19.5 Å². The number of ether oxygens (including phenoxy) is 1. The smallest absolute Gasteiger partial charge is 0.270 e. The fraction of sp³-hybridized carbons (Fsp3) is 0.308. The summed E-state index contributed by atoms with van der Waals surface area (Å²) >= 11 is 6.00. The number of pyridine rings is 1. The molecule has 0 spiro atoms. The molecule has 0 saturated heterocycles. The van der Waals surface area contributed by atoms with Crippen LogP contribution in [0.1, 0.15) is 12.5 Å². The number of halogens is 1. The minimum absolute atomic E-state index is 0.104. The fourth-order valence-electron chi connectivity index (χ4n) is 1.54. The highest BCUT2D eigenvalue weighted by Crippen LogP contribution is 2.14. The van der Waals surface area contributed by atoms with E-state index < -0.39 is 0 Å². The molecule has 0 amide bonds. The molecule has 7 heteroatoms. The molecule has 2 N–H and O–H groups in total. The van der Waals surface area contributed by atoms with Crippen LogP contribution in [0.5, 0.6) is 5.75 Å². The van der Waals surface area contributed by atoms with Gasteiger partial charge in [0.1, 0.15) is 12.4 Å². The van der Waals surface area contributed by atoms with Crippen LogP contribution in [0, 0.1) is 0 Å². The van der Waals surface area contributed by atoms with Gasteiger partial charge in [0.15, 0.2) is 0 Å². The van der Waals surface area contributed by atoms with E-state index in [1.54, 1.807) is 12.3 Å². The van der Waals surface area contributed by atoms with Gasteiger partial charge in [0.25, 0.3) is 5.56 Å². The minimum Gasteiger partial charge on any atom is -0.490 e. The third kappa shape index (κ3) is 3.79. The van der Waals surface area contributed by atoms with Gasteiger partial charge in [-0.25, -0.2) is 4.68 Å². The van der Waals surface area contributed by atoms with Crippen LogP contribution in [-0.2, 0) is 6.54 Å². The van der Waals surface area contributed by atoms with Crippen LogP contribution in [0.3, 0.4) is 0 Å². The Morgan fingerprint density at radius 1 is 1.50 bits per heavy atom. The lowest BCUT2D eigenvalue weighted by Gasteiger charge is -2.10. The van der Waals surface area contributed by atoms with Gasteiger partial charge in [0.2, 0.25) is 0 Å². The highest BCUT2D eigenvalue weighted by molar-refractivity contribution is 6.31. The zero-order valence-electron chi connectivity index (χ0n) is 11.0. The molecule has 1 unspecified atom stereocenters. The van der Waals surface area contributed by atoms with E-state index in [4.69, 9.17) is 22.1 Å². The molecule has 0 aliphatic heterocycles. The van der Waals surface area contributed by atoms with Crippen molar-refractivity contribution in [3.8, 4) is 5.75 Å². The zero-order valence-corrected chi connectivity index (χ0v) is 11.7. The average Bonchev–Trinajstić information content (AvgIpc) is 2.41. The summed E-state index contributed by atoms with van der Waals surface area (Å²) < 4.78 is 6.65. The first-order valence-electron chi connectivity index (χ1n) is 6.10. The van der Waals surface area contributed by atoms with Crippen molar-refractivity contribution in [3.05, 3.63) is 51.7 Å². The van der Waals surface area contributed by atoms with E-state index in [2.05, 4.69) is 10.1 Å². The number of hydrogen-bond donors (Lipinski definition) is 1. The maximum atomic E-state index is 11.9. The van der Waals surface area contributed by atoms with Crippen molar-refractivity contribution >= 4 is 11.6 Å². The van der Waals surface area contributed by atoms with Gasteiger partial charge in [-0.2, -0.15) is 5.10 Å². The first-order chi connectivity index (χ1) is 9.56. The first kappa shape index (κ1) is 14.5. The van der Waals surface area contributed by atoms with Crippen LogP contribution in [0.2, 0.25) is 5.02 Å². The Kier molecular flexibility index (Phi) is 4.70. The molecule has 20 heavy (non-hydrogen) atoms. The Hall–Kier alpha value is -1.92. The summed E-state index contributed by atoms with van der Waals surface area (Å²) in [5, 5.41) is 4.55. The maximum Gasteiger partial charge on any atom is 0.270 e. The minimum atomic E-state index is -0.264. The van der Waals surface area contributed by atoms with Gasteiger partial charge in [-0.05, 0) is 18.6 Å². The van der Waals surface area contributed by atoms with Crippen LogP contribution in [0.4, 0.5) is 0 Å². The second-order valence-corrected chi connectivity index (χ2v) is 4.85. The molecule has 0 aliphatic rings. The highest BCUT2D eigenvalue weighted by Gasteiger charge is 2.05. The van der Waals surface area contributed by atoms with Gasteiger partial charge < -0.3 is 10.5 Å². The van der Waals surface area contributed by atoms with Crippen molar-refractivity contribution in [3.63, 3.8) is 0 Å². The number of rotatable bonds is 5. The number of hydrogen-bond acceptors (Lipinski definition) is 5. The maximum absolute atomic E-state index is 11.9. The molecule has 0 saturated carbocycles. The Morgan fingerprint density at radius 2 is 2.30 bits per heavy atom. The molecule has 0 bridgehead atoms. The summed E-state index contributed by atoms with van der Waals surface area (Å²) in [6.45, 7) is 2.44. The van der Waals surface area contributed by atoms with Gasteiger partial charge in [0.05, 0.1) is 17.8 Å². The SMILES string of the molecule is CC(N)COc1cnn(Cc2ccncc2Cl)c(=O)c1. The Labute approximate surface area is 121 Å². The highest BCUT2D eigenvalue weighted by atomic mass is 35.5. The van der Waals surface area contributed by atoms with Crippen molar-refractivity contribution in [1.82, 2.24) is 14.8 Å². The Bertz CT molecular complexity index is 642. The van der Waals surface area contributed by atoms with E-state index in [1.807, 2.05) is 6.92 Å². The van der Waals surface area contributed by atoms with Crippen LogP contribution < -0.4 is 16.0 Å². The molecule has 106 valence electrons. The van der Waals surface area contributed by atoms with Crippen molar-refractivity contribution in [2.24, 2.45) is 5.73 Å². The van der Waals surface area contributed by atoms with Crippen LogP contribution in [-0.4, -0.2) is 27.4 Å². The second-order valence-electron chi connectivity index (χ2n) is 4.44. The van der Waals surface area contributed by atoms with Crippen molar-refractivity contribution in [1.29, 1.82) is 0 Å². The predicted molar refractivity (Wildman–Crippen MR) is 76.0 cm³/mol. The molecule has 0 radical (unpaired) electrons. The molecular weight excluding hydrogens is 280 g/mol. The van der Waals surface area contributed by atoms with Gasteiger partial charge >= 0.3 is 0 Å². The summed E-state index contributed by atoms with van der Waals surface area (Å²) in [6, 6.07) is 3.02. The van der Waals surface area contributed by atoms with Crippen molar-refractivity contribution < 1.29 is 4.74 Å². The molecular formula is C13H15ClN4O2. The number of nitrogens with two attached hydrogens (primary N) is 1. The van der Waals surface area contributed by atoms with E-state index in [1.165, 1.54) is 23.1 Å². The van der Waals surface area contributed by atoms with Gasteiger partial charge in [-0.3, -0.25) is 9.78 Å². The van der Waals surface area contributed by atoms with Gasteiger partial charge in [-0.15, -0.1) is 0 Å². The molecule has 6 nitrogen and oxygen atoms in total. The topological polar surface area (TPSA) is 83.0 Å². The molecule has 2 rings (SSSR count). The standard InChI is InChI=1S/C13H15ClN4O2/c1-9(15)8-20-11-4-13(19)18(17-5-11)7-10-2-3-16-6-12(10)14/h2-6,9H,7-8,15H2,1H3. The van der Waals surface area contributed by atoms with Gasteiger partial charge in [0, 0.05) is 24.5 Å². The normalized spacial score (nSPS) is 12.2. The third-order valence-electron chi connectivity index (χ3n) is 2.53. The fourth-order valence-corrected chi connectivity index (χ4v) is 1.72. The molecule has 2 aromatic heterocycles. The van der Waals surface area contributed by atoms with Crippen LogP contribution in [0.25, 0.3) is 0 Å². The summed E-state index contributed by atoms with van der Waals surface area (Å²) in [5.74, 6) is 0.407. The zero-order chi connectivity index (χ0) is 14.5. The summed E-state index contributed by atoms with van der Waals surface area (Å²) in [4.78, 5) is 15.8. The molecule has 0 aromatic carbocycles. The van der Waals surface area contributed by atoms with Crippen LogP contribution >= 0.6 is 11.6 Å². The summed E-state index contributed by atoms with van der Waals surface area (Å²) in [6.07, 6.45) is 4.63. The first-order valence-corrected chi connectivity index (χ1v) is 6.48. The Balaban J connectivity index is 2.14. The lowest BCUT2D eigenvalue weighted by atomic mass is 10.3. The lowest BCUT2D eigenvalue weighted by Crippen LogP contribution is -2.26. The third-order valence-corrected chi connectivity index (χ3v) is 2.87. The van der Waals surface area contributed by atoms with E-state index in [-0.39, 0.29) is 18.1 Å². The van der Waals surface area contributed by atoms with Crippen molar-refractivity contribution in [2.75, 3.05) is 6.61 Å². The van der Waals surface area contributed by atoms with E-state index >= 15 is 0 Å².